The van der Waals surface area contributed by atoms with Crippen molar-refractivity contribution in [2.75, 3.05) is 11.4 Å². The van der Waals surface area contributed by atoms with E-state index in [1.165, 1.54) is 6.33 Å². The van der Waals surface area contributed by atoms with Crippen LogP contribution in [0.1, 0.15) is 39.5 Å². The highest BCUT2D eigenvalue weighted by molar-refractivity contribution is 5.77. The van der Waals surface area contributed by atoms with Crippen molar-refractivity contribution in [1.29, 1.82) is 0 Å². The Kier molecular flexibility index (Phi) is 4.76. The molecule has 0 bridgehead atoms. The standard InChI is InChI=1S/C14H21N3O3/c1-10(2)20-13-8-12(15-9-16-13)17-7-5-3-4-6-11(17)14(18)19/h8-11H,3-7H2,1-2H3,(H,18,19). The van der Waals surface area contributed by atoms with Gasteiger partial charge in [-0.15, -0.1) is 0 Å². The van der Waals surface area contributed by atoms with E-state index < -0.39 is 12.0 Å². The summed E-state index contributed by atoms with van der Waals surface area (Å²) in [6.45, 7) is 4.55. The maximum Gasteiger partial charge on any atom is 0.326 e. The van der Waals surface area contributed by atoms with Gasteiger partial charge in [0.25, 0.3) is 0 Å². The zero-order chi connectivity index (χ0) is 14.5. The Morgan fingerprint density at radius 3 is 2.90 bits per heavy atom. The van der Waals surface area contributed by atoms with Crippen molar-refractivity contribution in [3.63, 3.8) is 0 Å². The molecule has 0 spiro atoms. The summed E-state index contributed by atoms with van der Waals surface area (Å²) >= 11 is 0. The molecule has 2 rings (SSSR count). The van der Waals surface area contributed by atoms with Crippen molar-refractivity contribution >= 4 is 11.8 Å². The van der Waals surface area contributed by atoms with Gasteiger partial charge in [-0.25, -0.2) is 14.8 Å². The van der Waals surface area contributed by atoms with Gasteiger partial charge in [-0.1, -0.05) is 12.8 Å². The molecule has 110 valence electrons. The third kappa shape index (κ3) is 3.59. The van der Waals surface area contributed by atoms with Gasteiger partial charge in [-0.3, -0.25) is 0 Å². The molecule has 1 unspecified atom stereocenters. The number of aliphatic carboxylic acids is 1. The zero-order valence-corrected chi connectivity index (χ0v) is 12.0. The van der Waals surface area contributed by atoms with Crippen LogP contribution in [0.25, 0.3) is 0 Å². The van der Waals surface area contributed by atoms with Crippen LogP contribution >= 0.6 is 0 Å². The van der Waals surface area contributed by atoms with E-state index in [9.17, 15) is 9.90 Å². The lowest BCUT2D eigenvalue weighted by Crippen LogP contribution is -2.41. The third-order valence-corrected chi connectivity index (χ3v) is 3.32. The van der Waals surface area contributed by atoms with Gasteiger partial charge in [-0.05, 0) is 26.7 Å². The van der Waals surface area contributed by atoms with E-state index in [-0.39, 0.29) is 6.10 Å². The summed E-state index contributed by atoms with van der Waals surface area (Å²) in [6, 6.07) is 1.21. The first kappa shape index (κ1) is 14.6. The Morgan fingerprint density at radius 1 is 1.40 bits per heavy atom. The summed E-state index contributed by atoms with van der Waals surface area (Å²) in [5.41, 5.74) is 0. The molecule has 20 heavy (non-hydrogen) atoms. The van der Waals surface area contributed by atoms with Gasteiger partial charge in [0, 0.05) is 12.6 Å². The fraction of sp³-hybridized carbons (Fsp3) is 0.643. The first-order valence-corrected chi connectivity index (χ1v) is 7.06. The van der Waals surface area contributed by atoms with Gasteiger partial charge in [0.2, 0.25) is 5.88 Å². The summed E-state index contributed by atoms with van der Waals surface area (Å²) in [5, 5.41) is 9.39. The minimum Gasteiger partial charge on any atom is -0.480 e. The number of carboxylic acid groups (broad SMARTS) is 1. The Morgan fingerprint density at radius 2 is 2.20 bits per heavy atom. The van der Waals surface area contributed by atoms with Crippen LogP contribution in [-0.2, 0) is 4.79 Å². The van der Waals surface area contributed by atoms with Crippen LogP contribution in [0.3, 0.4) is 0 Å². The third-order valence-electron chi connectivity index (χ3n) is 3.32. The van der Waals surface area contributed by atoms with Crippen molar-refractivity contribution in [3.8, 4) is 5.88 Å². The molecule has 1 N–H and O–H groups in total. The van der Waals surface area contributed by atoms with Gasteiger partial charge in [0.05, 0.1) is 6.10 Å². The van der Waals surface area contributed by atoms with E-state index in [1.54, 1.807) is 6.07 Å². The Bertz CT molecular complexity index is 465. The smallest absolute Gasteiger partial charge is 0.326 e. The van der Waals surface area contributed by atoms with Crippen LogP contribution in [0.5, 0.6) is 5.88 Å². The number of carboxylic acids is 1. The molecule has 1 aromatic heterocycles. The van der Waals surface area contributed by atoms with Gasteiger partial charge in [0.15, 0.2) is 0 Å². The highest BCUT2D eigenvalue weighted by atomic mass is 16.5. The molecular formula is C14H21N3O3. The molecule has 1 aromatic rings. The predicted octanol–water partition coefficient (Wildman–Crippen LogP) is 2.10. The molecule has 6 heteroatoms. The van der Waals surface area contributed by atoms with E-state index in [0.717, 1.165) is 19.3 Å². The number of anilines is 1. The van der Waals surface area contributed by atoms with Crippen LogP contribution < -0.4 is 9.64 Å². The number of hydrogen-bond donors (Lipinski definition) is 1. The maximum atomic E-state index is 11.4. The molecule has 0 aliphatic carbocycles. The summed E-state index contributed by atoms with van der Waals surface area (Å²) < 4.78 is 5.55. The summed E-state index contributed by atoms with van der Waals surface area (Å²) in [5.74, 6) is 0.320. The largest absolute Gasteiger partial charge is 0.480 e. The molecule has 1 fully saturated rings. The van der Waals surface area contributed by atoms with Gasteiger partial charge < -0.3 is 14.7 Å². The molecule has 0 saturated carbocycles. The number of rotatable bonds is 4. The lowest BCUT2D eigenvalue weighted by atomic mass is 10.1. The normalized spacial score (nSPS) is 19.8. The van der Waals surface area contributed by atoms with Crippen LogP contribution in [0, 0.1) is 0 Å². The first-order valence-electron chi connectivity index (χ1n) is 7.06. The molecule has 0 aromatic carbocycles. The highest BCUT2D eigenvalue weighted by Gasteiger charge is 2.28. The molecule has 2 heterocycles. The minimum atomic E-state index is -0.795. The van der Waals surface area contributed by atoms with Crippen molar-refractivity contribution in [1.82, 2.24) is 9.97 Å². The van der Waals surface area contributed by atoms with Crippen molar-refractivity contribution in [2.45, 2.75) is 51.7 Å². The quantitative estimate of drug-likeness (QED) is 0.909. The van der Waals surface area contributed by atoms with Crippen LogP contribution in [0.4, 0.5) is 5.82 Å². The molecule has 1 aliphatic rings. The van der Waals surface area contributed by atoms with E-state index in [0.29, 0.717) is 24.7 Å². The van der Waals surface area contributed by atoms with Crippen LogP contribution in [0.15, 0.2) is 12.4 Å². The molecule has 0 amide bonds. The van der Waals surface area contributed by atoms with Crippen LogP contribution in [-0.4, -0.2) is 39.7 Å². The first-order chi connectivity index (χ1) is 9.58. The SMILES string of the molecule is CC(C)Oc1cc(N2CCCCCC2C(=O)O)ncn1. The summed E-state index contributed by atoms with van der Waals surface area (Å²) in [7, 11) is 0. The minimum absolute atomic E-state index is 0.0251. The number of nitrogens with zero attached hydrogens (tertiary/aromatic N) is 3. The summed E-state index contributed by atoms with van der Waals surface area (Å²) in [4.78, 5) is 21.6. The molecule has 1 aliphatic heterocycles. The van der Waals surface area contributed by atoms with Crippen molar-refractivity contribution in [2.24, 2.45) is 0 Å². The Labute approximate surface area is 118 Å². The Hall–Kier alpha value is -1.85. The fourth-order valence-corrected chi connectivity index (χ4v) is 2.43. The number of carbonyl (C=O) groups is 1. The average molecular weight is 279 g/mol. The number of ether oxygens (including phenoxy) is 1. The summed E-state index contributed by atoms with van der Waals surface area (Å²) in [6.07, 6.45) is 5.08. The van der Waals surface area contributed by atoms with Crippen LogP contribution in [0.2, 0.25) is 0 Å². The van der Waals surface area contributed by atoms with E-state index in [4.69, 9.17) is 4.74 Å². The molecule has 0 radical (unpaired) electrons. The lowest BCUT2D eigenvalue weighted by Gasteiger charge is -2.28. The monoisotopic (exact) mass is 279 g/mol. The average Bonchev–Trinajstić information content (AvgIpc) is 2.63. The van der Waals surface area contributed by atoms with Gasteiger partial charge in [0.1, 0.15) is 18.2 Å². The topological polar surface area (TPSA) is 75.5 Å². The molecule has 1 atom stereocenters. The second-order valence-electron chi connectivity index (χ2n) is 5.28. The second-order valence-corrected chi connectivity index (χ2v) is 5.28. The highest BCUT2D eigenvalue weighted by Crippen LogP contribution is 2.24. The fourth-order valence-electron chi connectivity index (χ4n) is 2.43. The predicted molar refractivity (Wildman–Crippen MR) is 75.0 cm³/mol. The second kappa shape index (κ2) is 6.54. The Balaban J connectivity index is 2.24. The number of aromatic nitrogens is 2. The van der Waals surface area contributed by atoms with Crippen molar-refractivity contribution < 1.29 is 14.6 Å². The number of hydrogen-bond acceptors (Lipinski definition) is 5. The maximum absolute atomic E-state index is 11.4. The molecule has 1 saturated heterocycles. The van der Waals surface area contributed by atoms with E-state index >= 15 is 0 Å². The van der Waals surface area contributed by atoms with E-state index in [2.05, 4.69) is 9.97 Å². The molecular weight excluding hydrogens is 258 g/mol. The lowest BCUT2D eigenvalue weighted by molar-refractivity contribution is -0.138. The van der Waals surface area contributed by atoms with E-state index in [1.807, 2.05) is 18.7 Å². The molecule has 6 nitrogen and oxygen atoms in total. The van der Waals surface area contributed by atoms with Gasteiger partial charge >= 0.3 is 5.97 Å². The van der Waals surface area contributed by atoms with Gasteiger partial charge in [-0.2, -0.15) is 0 Å². The zero-order valence-electron chi connectivity index (χ0n) is 12.0. The van der Waals surface area contributed by atoms with Crippen molar-refractivity contribution in [3.05, 3.63) is 12.4 Å².